The Morgan fingerprint density at radius 1 is 1.00 bits per heavy atom. The second kappa shape index (κ2) is 6.58. The van der Waals surface area contributed by atoms with Crippen LogP contribution in [0.3, 0.4) is 0 Å². The lowest BCUT2D eigenvalue weighted by molar-refractivity contribution is 0.592. The Labute approximate surface area is 134 Å². The largest absolute Gasteiger partial charge is 0.327 e. The molecule has 0 saturated heterocycles. The van der Waals surface area contributed by atoms with Crippen LogP contribution in [0.15, 0.2) is 92.0 Å². The van der Waals surface area contributed by atoms with Crippen molar-refractivity contribution < 1.29 is 0 Å². The number of rotatable bonds is 6. The number of hydrogen-bond donors (Lipinski definition) is 0. The summed E-state index contributed by atoms with van der Waals surface area (Å²) < 4.78 is 2.27. The van der Waals surface area contributed by atoms with Gasteiger partial charge in [0.05, 0.1) is 21.0 Å². The van der Waals surface area contributed by atoms with Gasteiger partial charge < -0.3 is 4.57 Å². The Morgan fingerprint density at radius 3 is 2.05 bits per heavy atom. The van der Waals surface area contributed by atoms with Gasteiger partial charge in [0.2, 0.25) is 0 Å². The van der Waals surface area contributed by atoms with E-state index in [2.05, 4.69) is 83.0 Å². The van der Waals surface area contributed by atoms with Crippen LogP contribution in [-0.4, -0.2) is 19.1 Å². The summed E-state index contributed by atoms with van der Waals surface area (Å²) in [5.41, 5.74) is 2.65. The molecular formula is C19H20N2Si. The van der Waals surface area contributed by atoms with E-state index in [0.29, 0.717) is 0 Å². The third kappa shape index (κ3) is 2.55. The smallest absolute Gasteiger partial charge is 0.0953 e. The van der Waals surface area contributed by atoms with E-state index in [0.717, 1.165) is 6.04 Å². The maximum Gasteiger partial charge on any atom is 0.0953 e. The second-order valence-corrected chi connectivity index (χ2v) is 7.49. The van der Waals surface area contributed by atoms with Gasteiger partial charge in [-0.2, -0.15) is 0 Å². The number of nitrogens with zero attached hydrogens (tertiary/aromatic N) is 2. The number of benzene rings is 2. The summed E-state index contributed by atoms with van der Waals surface area (Å²) in [5.74, 6) is 0. The van der Waals surface area contributed by atoms with Crippen LogP contribution in [0.25, 0.3) is 0 Å². The fourth-order valence-corrected chi connectivity index (χ4v) is 5.22. The maximum absolute atomic E-state index is 4.31. The molecule has 1 aromatic heterocycles. The van der Waals surface area contributed by atoms with E-state index < -0.39 is 9.52 Å². The third-order valence-electron chi connectivity index (χ3n) is 4.16. The minimum atomic E-state index is -0.542. The highest BCUT2D eigenvalue weighted by atomic mass is 28.2. The van der Waals surface area contributed by atoms with Crippen molar-refractivity contribution in [1.82, 2.24) is 9.55 Å². The molecular weight excluding hydrogens is 284 g/mol. The molecule has 0 fully saturated rings. The van der Waals surface area contributed by atoms with Crippen LogP contribution < -0.4 is 0 Å². The Bertz CT molecular complexity index is 666. The summed E-state index contributed by atoms with van der Waals surface area (Å²) in [5, 5.41) is -0.118. The average Bonchev–Trinajstić information content (AvgIpc) is 3.13. The quantitative estimate of drug-likeness (QED) is 0.504. The van der Waals surface area contributed by atoms with Crippen LogP contribution in [0.1, 0.15) is 11.1 Å². The van der Waals surface area contributed by atoms with Crippen LogP contribution in [0, 0.1) is 0 Å². The maximum atomic E-state index is 4.31. The molecule has 2 nitrogen and oxygen atoms in total. The Hall–Kier alpha value is -2.39. The van der Waals surface area contributed by atoms with Gasteiger partial charge in [0.15, 0.2) is 0 Å². The lowest BCUT2D eigenvalue weighted by Gasteiger charge is -2.36. The summed E-state index contributed by atoms with van der Waals surface area (Å²) >= 11 is 0. The van der Waals surface area contributed by atoms with Gasteiger partial charge in [0, 0.05) is 12.4 Å². The van der Waals surface area contributed by atoms with Crippen molar-refractivity contribution >= 4 is 9.52 Å². The van der Waals surface area contributed by atoms with E-state index in [1.54, 1.807) is 0 Å². The molecule has 0 atom stereocenters. The molecule has 0 amide bonds. The van der Waals surface area contributed by atoms with Crippen molar-refractivity contribution in [2.75, 3.05) is 0 Å². The molecule has 22 heavy (non-hydrogen) atoms. The minimum Gasteiger partial charge on any atom is -0.327 e. The van der Waals surface area contributed by atoms with Crippen LogP contribution >= 0.6 is 0 Å². The van der Waals surface area contributed by atoms with Crippen LogP contribution in [0.2, 0.25) is 6.04 Å². The van der Waals surface area contributed by atoms with Crippen molar-refractivity contribution in [3.63, 3.8) is 0 Å². The van der Waals surface area contributed by atoms with Crippen molar-refractivity contribution in [1.29, 1.82) is 0 Å². The van der Waals surface area contributed by atoms with Gasteiger partial charge in [-0.15, -0.1) is 6.58 Å². The van der Waals surface area contributed by atoms with E-state index >= 15 is 0 Å². The fraction of sp³-hybridized carbons (Fsp3) is 0.105. The highest BCUT2D eigenvalue weighted by Gasteiger charge is 2.35. The van der Waals surface area contributed by atoms with Crippen LogP contribution in [-0.2, 0) is 5.16 Å². The molecule has 3 heteroatoms. The molecule has 110 valence electrons. The van der Waals surface area contributed by atoms with E-state index in [9.17, 15) is 0 Å². The second-order valence-electron chi connectivity index (χ2n) is 5.39. The molecule has 0 spiro atoms. The normalized spacial score (nSPS) is 11.8. The predicted molar refractivity (Wildman–Crippen MR) is 94.8 cm³/mol. The highest BCUT2D eigenvalue weighted by Crippen LogP contribution is 2.34. The van der Waals surface area contributed by atoms with Crippen molar-refractivity contribution in [2.24, 2.45) is 0 Å². The van der Waals surface area contributed by atoms with Gasteiger partial charge in [-0.05, 0) is 17.2 Å². The molecule has 0 radical (unpaired) electrons. The Balaban J connectivity index is 2.25. The molecule has 0 aliphatic rings. The SMILES string of the molecule is C=CC[SiH2]C(c1ccccc1)(c1ccccc1)n1ccnc1. The standard InChI is InChI=1S/C19H20N2Si/c1-2-15-22-19(21-14-13-20-16-21,17-9-5-3-6-10-17)18-11-7-4-8-12-18/h2-14,16H,1,15,22H2. The van der Waals surface area contributed by atoms with Gasteiger partial charge in [-0.1, -0.05) is 66.7 Å². The predicted octanol–water partition coefficient (Wildman–Crippen LogP) is 3.41. The summed E-state index contributed by atoms with van der Waals surface area (Å²) in [6.45, 7) is 3.94. The molecule has 3 aromatic rings. The summed E-state index contributed by atoms with van der Waals surface area (Å²) in [4.78, 5) is 4.31. The fourth-order valence-electron chi connectivity index (χ4n) is 3.11. The monoisotopic (exact) mass is 304 g/mol. The molecule has 0 unspecified atom stereocenters. The summed E-state index contributed by atoms with van der Waals surface area (Å²) in [6, 6.07) is 22.6. The first-order chi connectivity index (χ1) is 10.9. The summed E-state index contributed by atoms with van der Waals surface area (Å²) in [6.07, 6.45) is 7.93. The zero-order chi connectivity index (χ0) is 15.3. The lowest BCUT2D eigenvalue weighted by atomic mass is 9.97. The van der Waals surface area contributed by atoms with Gasteiger partial charge >= 0.3 is 0 Å². The van der Waals surface area contributed by atoms with Crippen LogP contribution in [0.4, 0.5) is 0 Å². The number of imidazole rings is 1. The Kier molecular flexibility index (Phi) is 4.35. The number of allylic oxidation sites excluding steroid dienone is 1. The highest BCUT2D eigenvalue weighted by molar-refractivity contribution is 6.42. The van der Waals surface area contributed by atoms with Crippen molar-refractivity contribution in [3.8, 4) is 0 Å². The molecule has 0 bridgehead atoms. The van der Waals surface area contributed by atoms with Gasteiger partial charge in [-0.3, -0.25) is 0 Å². The van der Waals surface area contributed by atoms with Gasteiger partial charge in [0.1, 0.15) is 0 Å². The molecule has 0 aliphatic carbocycles. The lowest BCUT2D eigenvalue weighted by Crippen LogP contribution is -2.41. The molecule has 0 N–H and O–H groups in total. The minimum absolute atomic E-state index is 0.118. The van der Waals surface area contributed by atoms with Gasteiger partial charge in [0.25, 0.3) is 0 Å². The third-order valence-corrected chi connectivity index (χ3v) is 6.76. The molecule has 0 saturated carbocycles. The summed E-state index contributed by atoms with van der Waals surface area (Å²) in [7, 11) is -0.542. The average molecular weight is 304 g/mol. The van der Waals surface area contributed by atoms with Gasteiger partial charge in [-0.25, -0.2) is 4.98 Å². The first kappa shape index (κ1) is 14.5. The molecule has 3 rings (SSSR count). The first-order valence-corrected chi connectivity index (χ1v) is 9.29. The van der Waals surface area contributed by atoms with E-state index in [4.69, 9.17) is 0 Å². The van der Waals surface area contributed by atoms with E-state index in [1.807, 2.05) is 18.6 Å². The van der Waals surface area contributed by atoms with Crippen LogP contribution in [0.5, 0.6) is 0 Å². The zero-order valence-electron chi connectivity index (χ0n) is 12.6. The Morgan fingerprint density at radius 2 is 1.59 bits per heavy atom. The topological polar surface area (TPSA) is 17.8 Å². The zero-order valence-corrected chi connectivity index (χ0v) is 14.0. The molecule has 1 heterocycles. The number of hydrogen-bond acceptors (Lipinski definition) is 1. The first-order valence-electron chi connectivity index (χ1n) is 7.58. The molecule has 2 aromatic carbocycles. The molecule has 0 aliphatic heterocycles. The van der Waals surface area contributed by atoms with E-state index in [1.165, 1.54) is 11.1 Å². The van der Waals surface area contributed by atoms with Crippen molar-refractivity contribution in [2.45, 2.75) is 11.2 Å². The van der Waals surface area contributed by atoms with E-state index in [-0.39, 0.29) is 5.16 Å². The van der Waals surface area contributed by atoms with Crippen molar-refractivity contribution in [3.05, 3.63) is 103 Å². The number of aromatic nitrogens is 2.